The van der Waals surface area contributed by atoms with Gasteiger partial charge in [0.2, 0.25) is 0 Å². The molecule has 2 bridgehead atoms. The lowest BCUT2D eigenvalue weighted by atomic mass is 9.85. The van der Waals surface area contributed by atoms with E-state index in [0.717, 1.165) is 0 Å². The van der Waals surface area contributed by atoms with Crippen molar-refractivity contribution in [2.24, 2.45) is 11.8 Å². The third-order valence-electron chi connectivity index (χ3n) is 2.32. The Hall–Kier alpha value is 0.290. The summed E-state index contributed by atoms with van der Waals surface area (Å²) in [5.41, 5.74) is 0. The van der Waals surface area contributed by atoms with Gasteiger partial charge in [0.15, 0.2) is 0 Å². The summed E-state index contributed by atoms with van der Waals surface area (Å²) in [5, 5.41) is 0. The van der Waals surface area contributed by atoms with Crippen LogP contribution in [0.15, 0.2) is 0 Å². The molecule has 1 heteroatoms. The minimum Gasteiger partial charge on any atom is -0.147 e. The molecule has 7 heavy (non-hydrogen) atoms. The average Bonchev–Trinajstić information content (AvgIpc) is 1.72. The standard InChI is InChI=1S/C6H10.ClH/c1-2-6-3-5(1)4-6;/h5-6H,1-4H2;1H. The lowest BCUT2D eigenvalue weighted by Crippen LogP contribution is -2.09. The topological polar surface area (TPSA) is 0 Å². The van der Waals surface area contributed by atoms with Crippen LogP contribution in [-0.2, 0) is 0 Å². The molecule has 0 aliphatic heterocycles. The van der Waals surface area contributed by atoms with Crippen molar-refractivity contribution in [1.29, 1.82) is 0 Å². The van der Waals surface area contributed by atoms with Gasteiger partial charge in [-0.25, -0.2) is 0 Å². The number of hydrogen-bond acceptors (Lipinski definition) is 0. The first kappa shape index (κ1) is 5.43. The van der Waals surface area contributed by atoms with Gasteiger partial charge in [-0.2, -0.15) is 0 Å². The summed E-state index contributed by atoms with van der Waals surface area (Å²) in [5.74, 6) is 2.38. The molecule has 3 aliphatic rings. The maximum absolute atomic E-state index is 1.58. The van der Waals surface area contributed by atoms with Gasteiger partial charge in [0, 0.05) is 0 Å². The molecule has 3 saturated carbocycles. The molecule has 0 aromatic heterocycles. The molecule has 3 rings (SSSR count). The van der Waals surface area contributed by atoms with Crippen LogP contribution in [0.5, 0.6) is 0 Å². The monoisotopic (exact) mass is 118 g/mol. The van der Waals surface area contributed by atoms with Gasteiger partial charge in [-0.1, -0.05) is 12.8 Å². The van der Waals surface area contributed by atoms with E-state index in [1.165, 1.54) is 11.8 Å². The van der Waals surface area contributed by atoms with Crippen LogP contribution in [-0.4, -0.2) is 0 Å². The second-order valence-electron chi connectivity index (χ2n) is 2.78. The molecule has 0 aromatic carbocycles. The van der Waals surface area contributed by atoms with Gasteiger partial charge in [0.05, 0.1) is 0 Å². The fourth-order valence-electron chi connectivity index (χ4n) is 1.82. The van der Waals surface area contributed by atoms with Crippen molar-refractivity contribution in [2.45, 2.75) is 25.7 Å². The molecule has 0 heterocycles. The predicted molar refractivity (Wildman–Crippen MR) is 32.7 cm³/mol. The van der Waals surface area contributed by atoms with E-state index in [0.29, 0.717) is 0 Å². The van der Waals surface area contributed by atoms with Crippen molar-refractivity contribution in [1.82, 2.24) is 0 Å². The summed E-state index contributed by atoms with van der Waals surface area (Å²) in [6.07, 6.45) is 6.29. The van der Waals surface area contributed by atoms with Gasteiger partial charge in [-0.15, -0.1) is 12.4 Å². The van der Waals surface area contributed by atoms with Gasteiger partial charge in [-0.3, -0.25) is 0 Å². The molecule has 0 nitrogen and oxygen atoms in total. The zero-order chi connectivity index (χ0) is 3.98. The van der Waals surface area contributed by atoms with Crippen molar-refractivity contribution in [3.63, 3.8) is 0 Å². The number of hydrogen-bond donors (Lipinski definition) is 0. The lowest BCUT2D eigenvalue weighted by Gasteiger charge is -2.21. The maximum Gasteiger partial charge on any atom is -0.0409 e. The molecule has 0 amide bonds. The Kier molecular flexibility index (Phi) is 1.29. The summed E-state index contributed by atoms with van der Waals surface area (Å²) in [6, 6.07) is 0. The Morgan fingerprint density at radius 3 is 1.43 bits per heavy atom. The van der Waals surface area contributed by atoms with Crippen molar-refractivity contribution in [3.05, 3.63) is 0 Å². The summed E-state index contributed by atoms with van der Waals surface area (Å²) in [7, 11) is 0. The first-order chi connectivity index (χ1) is 2.95. The SMILES string of the molecule is C1CC2CC1C2.Cl. The van der Waals surface area contributed by atoms with Crippen LogP contribution in [0, 0.1) is 11.8 Å². The molecule has 0 spiro atoms. The van der Waals surface area contributed by atoms with E-state index in [1.54, 1.807) is 25.7 Å². The van der Waals surface area contributed by atoms with Crippen LogP contribution in [0.25, 0.3) is 0 Å². The first-order valence-corrected chi connectivity index (χ1v) is 2.95. The van der Waals surface area contributed by atoms with Gasteiger partial charge in [0.1, 0.15) is 0 Å². The lowest BCUT2D eigenvalue weighted by molar-refractivity contribution is 0.304. The summed E-state index contributed by atoms with van der Waals surface area (Å²) >= 11 is 0. The zero-order valence-corrected chi connectivity index (χ0v) is 5.21. The van der Waals surface area contributed by atoms with E-state index in [9.17, 15) is 0 Å². The second kappa shape index (κ2) is 1.66. The Morgan fingerprint density at radius 1 is 0.857 bits per heavy atom. The van der Waals surface area contributed by atoms with E-state index in [2.05, 4.69) is 0 Å². The number of fused-ring (bicyclic) bond motifs is 1. The normalized spacial score (nSPS) is 44.6. The third-order valence-corrected chi connectivity index (χ3v) is 2.32. The van der Waals surface area contributed by atoms with Crippen molar-refractivity contribution >= 4 is 12.4 Å². The number of halogens is 1. The van der Waals surface area contributed by atoms with E-state index >= 15 is 0 Å². The van der Waals surface area contributed by atoms with Crippen LogP contribution in [0.2, 0.25) is 0 Å². The van der Waals surface area contributed by atoms with Crippen LogP contribution in [0.4, 0.5) is 0 Å². The highest BCUT2D eigenvalue weighted by Crippen LogP contribution is 2.47. The van der Waals surface area contributed by atoms with Gasteiger partial charge < -0.3 is 0 Å². The molecule has 0 saturated heterocycles. The predicted octanol–water partition coefficient (Wildman–Crippen LogP) is 2.23. The molecular formula is C6H11Cl. The van der Waals surface area contributed by atoms with Gasteiger partial charge >= 0.3 is 0 Å². The summed E-state index contributed by atoms with van der Waals surface area (Å²) in [6.45, 7) is 0. The van der Waals surface area contributed by atoms with Crippen LogP contribution in [0.3, 0.4) is 0 Å². The fraction of sp³-hybridized carbons (Fsp3) is 1.00. The average molecular weight is 119 g/mol. The Balaban J connectivity index is 0.000000245. The Bertz CT molecular complexity index is 51.1. The van der Waals surface area contributed by atoms with Crippen molar-refractivity contribution in [2.75, 3.05) is 0 Å². The molecule has 42 valence electrons. The van der Waals surface area contributed by atoms with E-state index < -0.39 is 0 Å². The molecule has 0 radical (unpaired) electrons. The molecule has 0 atom stereocenters. The Labute approximate surface area is 50.7 Å². The van der Waals surface area contributed by atoms with Crippen molar-refractivity contribution < 1.29 is 0 Å². The largest absolute Gasteiger partial charge is 0.147 e. The molecule has 0 N–H and O–H groups in total. The third kappa shape index (κ3) is 0.655. The minimum absolute atomic E-state index is 0. The second-order valence-corrected chi connectivity index (χ2v) is 2.78. The highest BCUT2D eigenvalue weighted by Gasteiger charge is 2.35. The van der Waals surface area contributed by atoms with Crippen LogP contribution < -0.4 is 0 Å². The van der Waals surface area contributed by atoms with E-state index in [1.807, 2.05) is 0 Å². The first-order valence-electron chi connectivity index (χ1n) is 2.95. The Morgan fingerprint density at radius 2 is 1.29 bits per heavy atom. The summed E-state index contributed by atoms with van der Waals surface area (Å²) < 4.78 is 0. The summed E-state index contributed by atoms with van der Waals surface area (Å²) in [4.78, 5) is 0. The number of rotatable bonds is 0. The van der Waals surface area contributed by atoms with Crippen LogP contribution in [0.1, 0.15) is 25.7 Å². The zero-order valence-electron chi connectivity index (χ0n) is 4.39. The molecule has 3 aliphatic carbocycles. The highest BCUT2D eigenvalue weighted by atomic mass is 35.5. The van der Waals surface area contributed by atoms with Crippen LogP contribution >= 0.6 is 12.4 Å². The maximum atomic E-state index is 1.58. The van der Waals surface area contributed by atoms with E-state index in [-0.39, 0.29) is 12.4 Å². The quantitative estimate of drug-likeness (QED) is 0.458. The highest BCUT2D eigenvalue weighted by molar-refractivity contribution is 5.85. The molecule has 3 fully saturated rings. The van der Waals surface area contributed by atoms with E-state index in [4.69, 9.17) is 0 Å². The minimum atomic E-state index is 0. The van der Waals surface area contributed by atoms with Gasteiger partial charge in [0.25, 0.3) is 0 Å². The van der Waals surface area contributed by atoms with Crippen molar-refractivity contribution in [3.8, 4) is 0 Å². The molecule has 0 unspecified atom stereocenters. The van der Waals surface area contributed by atoms with Gasteiger partial charge in [-0.05, 0) is 24.7 Å². The molecular weight excluding hydrogens is 108 g/mol. The molecule has 0 aromatic rings. The fourth-order valence-corrected chi connectivity index (χ4v) is 1.82. The smallest absolute Gasteiger partial charge is 0.0409 e.